The molecule has 0 aliphatic heterocycles. The van der Waals surface area contributed by atoms with E-state index in [2.05, 4.69) is 30.5 Å². The van der Waals surface area contributed by atoms with E-state index in [0.29, 0.717) is 22.4 Å². The number of carboxylic acids is 1. The third-order valence-corrected chi connectivity index (χ3v) is 4.83. The van der Waals surface area contributed by atoms with Crippen molar-refractivity contribution in [3.8, 4) is 33.6 Å². The van der Waals surface area contributed by atoms with Crippen molar-refractivity contribution in [2.24, 2.45) is 0 Å². The highest BCUT2D eigenvalue weighted by Gasteiger charge is 2.26. The fraction of sp³-hybridized carbons (Fsp3) is 0. The molecule has 31 heavy (non-hydrogen) atoms. The van der Waals surface area contributed by atoms with Gasteiger partial charge < -0.3 is 21.1 Å². The number of carbonyl (C=O) groups is 1. The molecule has 0 unspecified atom stereocenters. The highest BCUT2D eigenvalue weighted by atomic mass is 19.1. The van der Waals surface area contributed by atoms with Gasteiger partial charge in [0.2, 0.25) is 0 Å². The van der Waals surface area contributed by atoms with E-state index in [9.17, 15) is 14.3 Å². The fourth-order valence-corrected chi connectivity index (χ4v) is 3.43. The van der Waals surface area contributed by atoms with Crippen LogP contribution in [0.25, 0.3) is 44.6 Å². The van der Waals surface area contributed by atoms with Crippen LogP contribution in [0.3, 0.4) is 0 Å². The van der Waals surface area contributed by atoms with Crippen LogP contribution in [0.15, 0.2) is 41.4 Å². The van der Waals surface area contributed by atoms with Crippen molar-refractivity contribution in [2.75, 3.05) is 11.5 Å². The Morgan fingerprint density at radius 1 is 1.06 bits per heavy atom. The summed E-state index contributed by atoms with van der Waals surface area (Å²) in [5, 5.41) is 26.8. The number of hydrogen-bond acceptors (Lipinski definition) is 8. The number of nitrogens with two attached hydrogens (primary N) is 2. The van der Waals surface area contributed by atoms with Crippen molar-refractivity contribution in [3.05, 3.63) is 48.3 Å². The first-order valence-corrected chi connectivity index (χ1v) is 8.85. The quantitative estimate of drug-likeness (QED) is 0.272. The van der Waals surface area contributed by atoms with E-state index in [1.54, 1.807) is 18.6 Å². The molecule has 154 valence electrons. The highest BCUT2D eigenvalue weighted by Crippen LogP contribution is 2.43. The van der Waals surface area contributed by atoms with Gasteiger partial charge in [0.25, 0.3) is 0 Å². The molecule has 4 heterocycles. The van der Waals surface area contributed by atoms with Gasteiger partial charge in [-0.2, -0.15) is 10.2 Å². The number of nitrogens with zero attached hydrogens (tertiary/aromatic N) is 4. The lowest BCUT2D eigenvalue weighted by atomic mass is 9.96. The van der Waals surface area contributed by atoms with Crippen molar-refractivity contribution in [2.45, 2.75) is 0 Å². The molecular weight excluding hydrogens is 407 g/mol. The van der Waals surface area contributed by atoms with Gasteiger partial charge in [0.15, 0.2) is 11.4 Å². The monoisotopic (exact) mass is 420 g/mol. The van der Waals surface area contributed by atoms with Gasteiger partial charge in [-0.3, -0.25) is 10.2 Å². The lowest BCUT2D eigenvalue weighted by molar-refractivity contribution is 0.0698. The van der Waals surface area contributed by atoms with E-state index in [4.69, 9.17) is 16.0 Å². The molecule has 0 amide bonds. The Kier molecular flexibility index (Phi) is 3.93. The van der Waals surface area contributed by atoms with E-state index < -0.39 is 11.8 Å². The third-order valence-electron chi connectivity index (χ3n) is 4.83. The van der Waals surface area contributed by atoms with Crippen LogP contribution >= 0.6 is 0 Å². The smallest absolute Gasteiger partial charge is 0.337 e. The molecule has 12 heteroatoms. The first-order valence-electron chi connectivity index (χ1n) is 8.85. The molecule has 5 rings (SSSR count). The summed E-state index contributed by atoms with van der Waals surface area (Å²) in [6.45, 7) is 0. The summed E-state index contributed by atoms with van der Waals surface area (Å²) in [6.07, 6.45) is 6.32. The third kappa shape index (κ3) is 2.77. The minimum Gasteiger partial charge on any atom is -0.478 e. The number of anilines is 2. The molecule has 0 fully saturated rings. The molecule has 5 aromatic rings. The molecule has 4 aromatic heterocycles. The van der Waals surface area contributed by atoms with Gasteiger partial charge in [-0.05, 0) is 12.1 Å². The van der Waals surface area contributed by atoms with Crippen molar-refractivity contribution in [1.29, 1.82) is 0 Å². The molecule has 11 nitrogen and oxygen atoms in total. The predicted molar refractivity (Wildman–Crippen MR) is 108 cm³/mol. The number of aromatic nitrogens is 6. The second-order valence-electron chi connectivity index (χ2n) is 6.65. The number of fused-ring (bicyclic) bond motifs is 1. The summed E-state index contributed by atoms with van der Waals surface area (Å²) in [5.41, 5.74) is 13.5. The summed E-state index contributed by atoms with van der Waals surface area (Å²) in [7, 11) is 0. The first-order chi connectivity index (χ1) is 15.0. The predicted octanol–water partition coefficient (Wildman–Crippen LogP) is 2.67. The molecule has 0 bridgehead atoms. The van der Waals surface area contributed by atoms with Crippen molar-refractivity contribution < 1.29 is 18.8 Å². The van der Waals surface area contributed by atoms with E-state index in [-0.39, 0.29) is 39.3 Å². The zero-order chi connectivity index (χ0) is 21.7. The summed E-state index contributed by atoms with van der Waals surface area (Å²) in [5.74, 6) is -2.11. The van der Waals surface area contributed by atoms with Crippen LogP contribution in [0.5, 0.6) is 0 Å². The summed E-state index contributed by atoms with van der Waals surface area (Å²) in [6, 6.07) is 2.04. The van der Waals surface area contributed by atoms with E-state index in [1.165, 1.54) is 6.20 Å². The number of benzene rings is 1. The maximum atomic E-state index is 15.0. The number of aromatic amines is 2. The minimum absolute atomic E-state index is 0.0333. The van der Waals surface area contributed by atoms with E-state index in [1.807, 2.05) is 0 Å². The molecule has 0 spiro atoms. The minimum atomic E-state index is -1.31. The van der Waals surface area contributed by atoms with Gasteiger partial charge in [-0.25, -0.2) is 14.2 Å². The number of pyridine rings is 1. The Hall–Kier alpha value is -4.74. The molecule has 0 saturated heterocycles. The van der Waals surface area contributed by atoms with Gasteiger partial charge in [-0.1, -0.05) is 5.16 Å². The van der Waals surface area contributed by atoms with Gasteiger partial charge >= 0.3 is 5.97 Å². The number of rotatable bonds is 4. The molecule has 0 radical (unpaired) electrons. The average molecular weight is 420 g/mol. The molecule has 0 atom stereocenters. The number of nitrogen functional groups attached to an aromatic ring is 2. The fourth-order valence-electron chi connectivity index (χ4n) is 3.43. The second-order valence-corrected chi connectivity index (χ2v) is 6.65. The lowest BCUT2D eigenvalue weighted by Gasteiger charge is -2.12. The van der Waals surface area contributed by atoms with Crippen molar-refractivity contribution in [1.82, 2.24) is 30.5 Å². The van der Waals surface area contributed by atoms with Crippen LogP contribution in [-0.2, 0) is 0 Å². The van der Waals surface area contributed by atoms with Crippen LogP contribution < -0.4 is 11.5 Å². The van der Waals surface area contributed by atoms with Crippen LogP contribution in [0.1, 0.15) is 10.4 Å². The second kappa shape index (κ2) is 6.66. The van der Waals surface area contributed by atoms with Crippen LogP contribution in [0, 0.1) is 5.82 Å². The number of nitrogens with one attached hydrogen (secondary N) is 2. The first kappa shape index (κ1) is 18.3. The van der Waals surface area contributed by atoms with Crippen molar-refractivity contribution >= 4 is 28.4 Å². The largest absolute Gasteiger partial charge is 0.478 e. The number of H-pyrrole nitrogens is 2. The van der Waals surface area contributed by atoms with Crippen LogP contribution in [0.4, 0.5) is 15.9 Å². The van der Waals surface area contributed by atoms with Gasteiger partial charge in [0, 0.05) is 34.8 Å². The zero-order valence-corrected chi connectivity index (χ0v) is 15.5. The van der Waals surface area contributed by atoms with Gasteiger partial charge in [0.1, 0.15) is 5.82 Å². The Balaban J connectivity index is 1.92. The molecular formula is C19H13FN8O3. The van der Waals surface area contributed by atoms with Gasteiger partial charge in [0.05, 0.1) is 40.3 Å². The highest BCUT2D eigenvalue weighted by molar-refractivity contribution is 6.09. The normalized spacial score (nSPS) is 11.3. The standard InChI is InChI=1S/C19H13FN8O3/c20-11-2-12(21)10(19(29)30)1-9(11)16-14-17(31-28-18(14)22)13(7-3-23-24-4-7)15(27-16)8-5-25-26-6-8/h1-6H,21H2,(H2,22,28)(H,23,24)(H,25,26)(H,29,30). The molecule has 7 N–H and O–H groups in total. The number of carboxylic acid groups (broad SMARTS) is 1. The summed E-state index contributed by atoms with van der Waals surface area (Å²) >= 11 is 0. The van der Waals surface area contributed by atoms with E-state index >= 15 is 0 Å². The van der Waals surface area contributed by atoms with Crippen LogP contribution in [0.2, 0.25) is 0 Å². The van der Waals surface area contributed by atoms with Crippen molar-refractivity contribution in [3.63, 3.8) is 0 Å². The molecule has 0 aliphatic rings. The Labute approximate surface area is 171 Å². The summed E-state index contributed by atoms with van der Waals surface area (Å²) < 4.78 is 20.5. The lowest BCUT2D eigenvalue weighted by Crippen LogP contribution is -2.05. The average Bonchev–Trinajstić information content (AvgIpc) is 3.49. The van der Waals surface area contributed by atoms with Gasteiger partial charge in [-0.15, -0.1) is 0 Å². The Morgan fingerprint density at radius 3 is 2.42 bits per heavy atom. The Bertz CT molecular complexity index is 1440. The topological polar surface area (TPSA) is 186 Å². The number of aromatic carboxylic acids is 1. The molecule has 0 aliphatic carbocycles. The maximum Gasteiger partial charge on any atom is 0.337 e. The Morgan fingerprint density at radius 2 is 1.77 bits per heavy atom. The molecule has 1 aromatic carbocycles. The zero-order valence-electron chi connectivity index (χ0n) is 15.5. The number of halogens is 1. The molecule has 0 saturated carbocycles. The summed E-state index contributed by atoms with van der Waals surface area (Å²) in [4.78, 5) is 16.2. The SMILES string of the molecule is Nc1cc(F)c(-c2nc(-c3cn[nH]c3)c(-c3cn[nH]c3)c3onc(N)c23)cc1C(=O)O. The number of hydrogen-bond donors (Lipinski definition) is 5. The van der Waals surface area contributed by atoms with E-state index in [0.717, 1.165) is 12.1 Å². The van der Waals surface area contributed by atoms with Crippen LogP contribution in [-0.4, -0.2) is 41.6 Å². The maximum absolute atomic E-state index is 15.0.